The summed E-state index contributed by atoms with van der Waals surface area (Å²) < 4.78 is 5.86. The Morgan fingerprint density at radius 3 is 2.64 bits per heavy atom. The second-order valence-electron chi connectivity index (χ2n) is 5.80. The van der Waals surface area contributed by atoms with E-state index in [1.165, 1.54) is 24.8 Å². The van der Waals surface area contributed by atoms with Crippen LogP contribution < -0.4 is 10.1 Å². The second kappa shape index (κ2) is 7.66. The molecule has 2 aromatic rings. The highest BCUT2D eigenvalue weighted by molar-refractivity contribution is 6.32. The average molecular weight is 316 g/mol. The lowest BCUT2D eigenvalue weighted by molar-refractivity contribution is 0.268. The van der Waals surface area contributed by atoms with Gasteiger partial charge in [-0.05, 0) is 49.1 Å². The van der Waals surface area contributed by atoms with E-state index in [2.05, 4.69) is 23.5 Å². The molecule has 1 atom stereocenters. The molecule has 0 bridgehead atoms. The monoisotopic (exact) mass is 315 g/mol. The van der Waals surface area contributed by atoms with Gasteiger partial charge in [-0.1, -0.05) is 54.4 Å². The van der Waals surface area contributed by atoms with Crippen LogP contribution in [0.2, 0.25) is 5.02 Å². The number of piperidine rings is 1. The Morgan fingerprint density at radius 1 is 1.05 bits per heavy atom. The molecule has 22 heavy (non-hydrogen) atoms. The molecule has 1 heterocycles. The number of benzene rings is 2. The van der Waals surface area contributed by atoms with E-state index in [1.54, 1.807) is 0 Å². The third-order valence-corrected chi connectivity index (χ3v) is 4.47. The second-order valence-corrected chi connectivity index (χ2v) is 6.20. The van der Waals surface area contributed by atoms with Gasteiger partial charge in [0.2, 0.25) is 0 Å². The van der Waals surface area contributed by atoms with E-state index in [4.69, 9.17) is 16.3 Å². The first kappa shape index (κ1) is 15.4. The molecular formula is C19H22ClNO. The topological polar surface area (TPSA) is 21.3 Å². The number of ether oxygens (including phenoxy) is 1. The minimum Gasteiger partial charge on any atom is -0.492 e. The van der Waals surface area contributed by atoms with Gasteiger partial charge < -0.3 is 10.1 Å². The molecule has 0 radical (unpaired) electrons. The Bertz CT molecular complexity index is 594. The summed E-state index contributed by atoms with van der Waals surface area (Å²) in [5, 5.41) is 4.22. The van der Waals surface area contributed by atoms with Gasteiger partial charge in [-0.2, -0.15) is 0 Å². The van der Waals surface area contributed by atoms with Crippen LogP contribution in [0.4, 0.5) is 0 Å². The van der Waals surface area contributed by atoms with E-state index in [1.807, 2.05) is 30.3 Å². The van der Waals surface area contributed by atoms with Crippen molar-refractivity contribution < 1.29 is 4.74 Å². The van der Waals surface area contributed by atoms with E-state index in [0.29, 0.717) is 17.7 Å². The maximum absolute atomic E-state index is 6.36. The Morgan fingerprint density at radius 2 is 1.91 bits per heavy atom. The van der Waals surface area contributed by atoms with Crippen LogP contribution in [0.3, 0.4) is 0 Å². The quantitative estimate of drug-likeness (QED) is 0.845. The van der Waals surface area contributed by atoms with Crippen LogP contribution in [-0.4, -0.2) is 19.2 Å². The zero-order valence-electron chi connectivity index (χ0n) is 12.7. The molecule has 0 spiro atoms. The minimum absolute atomic E-state index is 0.594. The average Bonchev–Trinajstić information content (AvgIpc) is 2.58. The van der Waals surface area contributed by atoms with Gasteiger partial charge in [-0.25, -0.2) is 0 Å². The van der Waals surface area contributed by atoms with Crippen LogP contribution >= 0.6 is 11.6 Å². The molecule has 3 heteroatoms. The lowest BCUT2D eigenvalue weighted by atomic mass is 10.0. The van der Waals surface area contributed by atoms with Gasteiger partial charge >= 0.3 is 0 Å². The molecule has 1 fully saturated rings. The van der Waals surface area contributed by atoms with Crippen molar-refractivity contribution in [2.75, 3.05) is 13.2 Å². The van der Waals surface area contributed by atoms with Gasteiger partial charge in [0, 0.05) is 6.04 Å². The van der Waals surface area contributed by atoms with Crippen molar-refractivity contribution in [3.8, 4) is 16.9 Å². The number of hydrogen-bond acceptors (Lipinski definition) is 2. The molecule has 3 rings (SSSR count). The summed E-state index contributed by atoms with van der Waals surface area (Å²) in [4.78, 5) is 0. The van der Waals surface area contributed by atoms with Crippen molar-refractivity contribution in [3.63, 3.8) is 0 Å². The summed E-state index contributed by atoms with van der Waals surface area (Å²) in [6, 6.07) is 16.9. The summed E-state index contributed by atoms with van der Waals surface area (Å²) >= 11 is 6.36. The largest absolute Gasteiger partial charge is 0.492 e. The Kier molecular flexibility index (Phi) is 5.36. The molecular weight excluding hydrogens is 294 g/mol. The lowest BCUT2D eigenvalue weighted by Crippen LogP contribution is -2.35. The van der Waals surface area contributed by atoms with Crippen molar-refractivity contribution in [2.45, 2.75) is 31.7 Å². The first-order chi connectivity index (χ1) is 10.8. The lowest BCUT2D eigenvalue weighted by Gasteiger charge is -2.23. The maximum atomic E-state index is 6.36. The third-order valence-electron chi connectivity index (χ3n) is 4.18. The van der Waals surface area contributed by atoms with Gasteiger partial charge in [0.05, 0.1) is 11.6 Å². The minimum atomic E-state index is 0.594. The van der Waals surface area contributed by atoms with Crippen molar-refractivity contribution in [1.82, 2.24) is 5.32 Å². The van der Waals surface area contributed by atoms with Gasteiger partial charge in [0.15, 0.2) is 0 Å². The highest BCUT2D eigenvalue weighted by Gasteiger charge is 2.12. The number of nitrogens with one attached hydrogen (secondary N) is 1. The molecule has 0 amide bonds. The summed E-state index contributed by atoms with van der Waals surface area (Å²) in [6.45, 7) is 1.85. The Labute approximate surface area is 137 Å². The van der Waals surface area contributed by atoms with Gasteiger partial charge in [0.1, 0.15) is 5.75 Å². The first-order valence-electron chi connectivity index (χ1n) is 8.04. The smallest absolute Gasteiger partial charge is 0.137 e. The van der Waals surface area contributed by atoms with Crippen LogP contribution in [0.15, 0.2) is 48.5 Å². The van der Waals surface area contributed by atoms with Gasteiger partial charge in [0.25, 0.3) is 0 Å². The summed E-state index contributed by atoms with van der Waals surface area (Å²) in [5.74, 6) is 0.775. The zero-order chi connectivity index (χ0) is 15.2. The number of rotatable bonds is 5. The molecule has 0 unspecified atom stereocenters. The molecule has 1 aliphatic heterocycles. The first-order valence-corrected chi connectivity index (χ1v) is 8.42. The van der Waals surface area contributed by atoms with E-state index < -0.39 is 0 Å². The molecule has 2 nitrogen and oxygen atoms in total. The van der Waals surface area contributed by atoms with Crippen LogP contribution in [0, 0.1) is 0 Å². The SMILES string of the molecule is Clc1cc(-c2ccccc2)ccc1OCC[C@@H]1CCCCN1. The van der Waals surface area contributed by atoms with Crippen molar-refractivity contribution in [1.29, 1.82) is 0 Å². The van der Waals surface area contributed by atoms with Gasteiger partial charge in [-0.15, -0.1) is 0 Å². The van der Waals surface area contributed by atoms with Crippen molar-refractivity contribution in [3.05, 3.63) is 53.6 Å². The zero-order valence-corrected chi connectivity index (χ0v) is 13.5. The molecule has 1 N–H and O–H groups in total. The normalized spacial score (nSPS) is 18.1. The highest BCUT2D eigenvalue weighted by atomic mass is 35.5. The highest BCUT2D eigenvalue weighted by Crippen LogP contribution is 2.30. The standard InChI is InChI=1S/C19H22ClNO/c20-18-14-16(15-6-2-1-3-7-15)9-10-19(18)22-13-11-17-8-4-5-12-21-17/h1-3,6-7,9-10,14,17,21H,4-5,8,11-13H2/t17-/m0/s1. The van der Waals surface area contributed by atoms with Crippen LogP contribution in [0.25, 0.3) is 11.1 Å². The summed E-state index contributed by atoms with van der Waals surface area (Å²) in [7, 11) is 0. The fourth-order valence-corrected chi connectivity index (χ4v) is 3.14. The Balaban J connectivity index is 1.58. The van der Waals surface area contributed by atoms with E-state index in [0.717, 1.165) is 24.3 Å². The van der Waals surface area contributed by atoms with Gasteiger partial charge in [-0.3, -0.25) is 0 Å². The molecule has 1 aliphatic rings. The fourth-order valence-electron chi connectivity index (χ4n) is 2.91. The maximum Gasteiger partial charge on any atom is 0.137 e. The van der Waals surface area contributed by atoms with Crippen molar-refractivity contribution >= 4 is 11.6 Å². The molecule has 2 aromatic carbocycles. The Hall–Kier alpha value is -1.51. The van der Waals surface area contributed by atoms with E-state index in [9.17, 15) is 0 Å². The molecule has 0 saturated carbocycles. The van der Waals surface area contributed by atoms with Crippen LogP contribution in [0.5, 0.6) is 5.75 Å². The number of halogens is 1. The van der Waals surface area contributed by atoms with Crippen LogP contribution in [-0.2, 0) is 0 Å². The third kappa shape index (κ3) is 4.02. The predicted octanol–water partition coefficient (Wildman–Crippen LogP) is 4.92. The van der Waals surface area contributed by atoms with Crippen LogP contribution in [0.1, 0.15) is 25.7 Å². The van der Waals surface area contributed by atoms with E-state index >= 15 is 0 Å². The fraction of sp³-hybridized carbons (Fsp3) is 0.368. The molecule has 1 saturated heterocycles. The number of hydrogen-bond donors (Lipinski definition) is 1. The summed E-state index contributed by atoms with van der Waals surface area (Å²) in [6.07, 6.45) is 4.91. The molecule has 0 aromatic heterocycles. The van der Waals surface area contributed by atoms with E-state index in [-0.39, 0.29) is 0 Å². The molecule has 116 valence electrons. The van der Waals surface area contributed by atoms with Crippen molar-refractivity contribution in [2.24, 2.45) is 0 Å². The molecule has 0 aliphatic carbocycles. The summed E-state index contributed by atoms with van der Waals surface area (Å²) in [5.41, 5.74) is 2.29. The predicted molar refractivity (Wildman–Crippen MR) is 92.6 cm³/mol.